The monoisotopic (exact) mass is 205 g/mol. The Bertz CT molecular complexity index is 337. The molecule has 1 saturated heterocycles. The van der Waals surface area contributed by atoms with Crippen LogP contribution in [0.3, 0.4) is 0 Å². The molecule has 0 radical (unpaired) electrons. The van der Waals surface area contributed by atoms with Crippen LogP contribution in [-0.2, 0) is 9.53 Å². The highest BCUT2D eigenvalue weighted by Gasteiger charge is 2.30. The zero-order valence-electron chi connectivity index (χ0n) is 8.85. The molecule has 0 aromatic heterocycles. The third-order valence-corrected chi connectivity index (χ3v) is 2.68. The van der Waals surface area contributed by atoms with Crippen molar-refractivity contribution in [1.29, 1.82) is 0 Å². The first-order chi connectivity index (χ1) is 7.31. The molecule has 1 aromatic carbocycles. The zero-order chi connectivity index (χ0) is 10.7. The largest absolute Gasteiger partial charge is 0.384 e. The third-order valence-electron chi connectivity index (χ3n) is 2.68. The van der Waals surface area contributed by atoms with Crippen molar-refractivity contribution in [3.8, 4) is 0 Å². The van der Waals surface area contributed by atoms with Crippen molar-refractivity contribution in [3.05, 3.63) is 30.3 Å². The second kappa shape index (κ2) is 4.45. The highest BCUT2D eigenvalue weighted by atomic mass is 16.5. The number of carbonyl (C=O) groups excluding carboxylic acids is 1. The lowest BCUT2D eigenvalue weighted by Gasteiger charge is -2.16. The molecular weight excluding hydrogens is 190 g/mol. The van der Waals surface area contributed by atoms with E-state index in [4.69, 9.17) is 4.74 Å². The molecule has 0 spiro atoms. The van der Waals surface area contributed by atoms with Gasteiger partial charge in [-0.3, -0.25) is 4.79 Å². The minimum atomic E-state index is 0.197. The van der Waals surface area contributed by atoms with Crippen molar-refractivity contribution < 1.29 is 9.53 Å². The maximum atomic E-state index is 11.7. The van der Waals surface area contributed by atoms with E-state index >= 15 is 0 Å². The van der Waals surface area contributed by atoms with Crippen molar-refractivity contribution in [1.82, 2.24) is 0 Å². The number of hydrogen-bond acceptors (Lipinski definition) is 2. The Kier molecular flexibility index (Phi) is 3.02. The van der Waals surface area contributed by atoms with Crippen molar-refractivity contribution in [2.75, 3.05) is 25.2 Å². The van der Waals surface area contributed by atoms with E-state index in [9.17, 15) is 4.79 Å². The number of ether oxygens (including phenoxy) is 1. The van der Waals surface area contributed by atoms with E-state index in [1.807, 2.05) is 35.2 Å². The van der Waals surface area contributed by atoms with Gasteiger partial charge in [0.05, 0.1) is 6.61 Å². The fraction of sp³-hybridized carbons (Fsp3) is 0.417. The van der Waals surface area contributed by atoms with Crippen molar-refractivity contribution in [2.45, 2.75) is 6.42 Å². The molecule has 1 aliphatic rings. The zero-order valence-corrected chi connectivity index (χ0v) is 8.85. The average molecular weight is 205 g/mol. The molecule has 2 rings (SSSR count). The van der Waals surface area contributed by atoms with Crippen molar-refractivity contribution in [2.24, 2.45) is 5.92 Å². The molecule has 3 nitrogen and oxygen atoms in total. The number of rotatable bonds is 3. The van der Waals surface area contributed by atoms with Gasteiger partial charge in [0.15, 0.2) is 0 Å². The SMILES string of the molecule is COCC1CC(=O)N(c2ccccc2)C1. The number of carbonyl (C=O) groups is 1. The third kappa shape index (κ3) is 2.18. The van der Waals surface area contributed by atoms with Gasteiger partial charge in [0.2, 0.25) is 5.91 Å². The molecule has 1 aromatic rings. The molecule has 1 aliphatic heterocycles. The van der Waals surface area contributed by atoms with Crippen LogP contribution < -0.4 is 4.90 Å². The Balaban J connectivity index is 2.09. The second-order valence-corrected chi connectivity index (χ2v) is 3.87. The van der Waals surface area contributed by atoms with Gasteiger partial charge in [-0.05, 0) is 12.1 Å². The molecule has 1 fully saturated rings. The fourth-order valence-corrected chi connectivity index (χ4v) is 1.99. The number of nitrogens with zero attached hydrogens (tertiary/aromatic N) is 1. The molecule has 80 valence electrons. The Morgan fingerprint density at radius 3 is 2.80 bits per heavy atom. The molecule has 3 heteroatoms. The summed E-state index contributed by atoms with van der Waals surface area (Å²) >= 11 is 0. The fourth-order valence-electron chi connectivity index (χ4n) is 1.99. The normalized spacial score (nSPS) is 21.0. The maximum Gasteiger partial charge on any atom is 0.227 e. The minimum Gasteiger partial charge on any atom is -0.384 e. The van der Waals surface area contributed by atoms with Crippen LogP contribution in [0.2, 0.25) is 0 Å². The van der Waals surface area contributed by atoms with Gasteiger partial charge in [0.1, 0.15) is 0 Å². The van der Waals surface area contributed by atoms with Gasteiger partial charge in [-0.1, -0.05) is 18.2 Å². The lowest BCUT2D eigenvalue weighted by Crippen LogP contribution is -2.24. The highest BCUT2D eigenvalue weighted by molar-refractivity contribution is 5.95. The highest BCUT2D eigenvalue weighted by Crippen LogP contribution is 2.24. The first-order valence-corrected chi connectivity index (χ1v) is 5.15. The average Bonchev–Trinajstić information content (AvgIpc) is 2.61. The molecule has 0 N–H and O–H groups in total. The predicted octanol–water partition coefficient (Wildman–Crippen LogP) is 1.69. The lowest BCUT2D eigenvalue weighted by atomic mass is 10.1. The first-order valence-electron chi connectivity index (χ1n) is 5.15. The van der Waals surface area contributed by atoms with Crippen LogP contribution in [0.15, 0.2) is 30.3 Å². The van der Waals surface area contributed by atoms with E-state index in [-0.39, 0.29) is 5.91 Å². The number of methoxy groups -OCH3 is 1. The summed E-state index contributed by atoms with van der Waals surface area (Å²) in [6.07, 6.45) is 0.600. The van der Waals surface area contributed by atoms with Gasteiger partial charge in [-0.25, -0.2) is 0 Å². The molecule has 0 bridgehead atoms. The summed E-state index contributed by atoms with van der Waals surface area (Å²) in [4.78, 5) is 13.6. The van der Waals surface area contributed by atoms with Gasteiger partial charge in [-0.15, -0.1) is 0 Å². The molecule has 1 amide bonds. The van der Waals surface area contributed by atoms with Crippen molar-refractivity contribution >= 4 is 11.6 Å². The van der Waals surface area contributed by atoms with E-state index in [0.29, 0.717) is 18.9 Å². The quantitative estimate of drug-likeness (QED) is 0.751. The standard InChI is InChI=1S/C12H15NO2/c1-15-9-10-7-12(14)13(8-10)11-5-3-2-4-6-11/h2-6,10H,7-9H2,1H3. The number of para-hydroxylation sites is 1. The Morgan fingerprint density at radius 2 is 2.13 bits per heavy atom. The minimum absolute atomic E-state index is 0.197. The van der Waals surface area contributed by atoms with E-state index in [0.717, 1.165) is 12.2 Å². The predicted molar refractivity (Wildman–Crippen MR) is 58.8 cm³/mol. The Morgan fingerprint density at radius 1 is 1.40 bits per heavy atom. The molecule has 15 heavy (non-hydrogen) atoms. The Labute approximate surface area is 89.7 Å². The van der Waals surface area contributed by atoms with Crippen LogP contribution >= 0.6 is 0 Å². The maximum absolute atomic E-state index is 11.7. The summed E-state index contributed by atoms with van der Waals surface area (Å²) in [5.41, 5.74) is 0.987. The van der Waals surface area contributed by atoms with Gasteiger partial charge in [0, 0.05) is 31.7 Å². The van der Waals surface area contributed by atoms with Crippen molar-refractivity contribution in [3.63, 3.8) is 0 Å². The van der Waals surface area contributed by atoms with Crippen LogP contribution in [0.4, 0.5) is 5.69 Å². The van der Waals surface area contributed by atoms with Gasteiger partial charge >= 0.3 is 0 Å². The van der Waals surface area contributed by atoms with Crippen LogP contribution in [0.5, 0.6) is 0 Å². The van der Waals surface area contributed by atoms with Gasteiger partial charge in [-0.2, -0.15) is 0 Å². The molecule has 0 saturated carbocycles. The molecular formula is C12H15NO2. The molecule has 0 aliphatic carbocycles. The number of amides is 1. The summed E-state index contributed by atoms with van der Waals surface area (Å²) in [5, 5.41) is 0. The smallest absolute Gasteiger partial charge is 0.227 e. The van der Waals surface area contributed by atoms with E-state index < -0.39 is 0 Å². The van der Waals surface area contributed by atoms with Crippen LogP contribution in [0.1, 0.15) is 6.42 Å². The number of benzene rings is 1. The number of hydrogen-bond donors (Lipinski definition) is 0. The summed E-state index contributed by atoms with van der Waals surface area (Å²) in [7, 11) is 1.68. The second-order valence-electron chi connectivity index (χ2n) is 3.87. The Hall–Kier alpha value is -1.35. The summed E-state index contributed by atoms with van der Waals surface area (Å²) in [5.74, 6) is 0.533. The lowest BCUT2D eigenvalue weighted by molar-refractivity contribution is -0.117. The van der Waals surface area contributed by atoms with Crippen LogP contribution in [0.25, 0.3) is 0 Å². The van der Waals surface area contributed by atoms with Crippen LogP contribution in [0, 0.1) is 5.92 Å². The molecule has 1 atom stereocenters. The topological polar surface area (TPSA) is 29.5 Å². The molecule has 1 unspecified atom stereocenters. The van der Waals surface area contributed by atoms with Gasteiger partial charge in [0.25, 0.3) is 0 Å². The van der Waals surface area contributed by atoms with Gasteiger partial charge < -0.3 is 9.64 Å². The summed E-state index contributed by atoms with van der Waals surface area (Å²) in [6.45, 7) is 1.44. The summed E-state index contributed by atoms with van der Waals surface area (Å²) < 4.78 is 5.08. The van der Waals surface area contributed by atoms with E-state index in [1.54, 1.807) is 7.11 Å². The number of anilines is 1. The molecule has 1 heterocycles. The van der Waals surface area contributed by atoms with E-state index in [2.05, 4.69) is 0 Å². The van der Waals surface area contributed by atoms with Crippen LogP contribution in [-0.4, -0.2) is 26.2 Å². The summed E-state index contributed by atoms with van der Waals surface area (Å²) in [6, 6.07) is 9.79. The van der Waals surface area contributed by atoms with E-state index in [1.165, 1.54) is 0 Å². The first kappa shape index (κ1) is 10.2.